The van der Waals surface area contributed by atoms with E-state index in [1.54, 1.807) is 6.08 Å². The van der Waals surface area contributed by atoms with Crippen LogP contribution in [0.3, 0.4) is 0 Å². The van der Waals surface area contributed by atoms with Crippen molar-refractivity contribution in [3.8, 4) is 0 Å². The fraction of sp³-hybridized carbons (Fsp3) is 0.829. The van der Waals surface area contributed by atoms with Crippen LogP contribution in [-0.4, -0.2) is 77.0 Å². The highest BCUT2D eigenvalue weighted by Gasteiger charge is 2.39. The predicted molar refractivity (Wildman–Crippen MR) is 212 cm³/mol. The molecule has 0 saturated heterocycles. The zero-order valence-electron chi connectivity index (χ0n) is 33.1. The third kappa shape index (κ3) is 26.8. The summed E-state index contributed by atoms with van der Waals surface area (Å²) < 4.78 is 33.1. The molecule has 1 aliphatic rings. The van der Waals surface area contributed by atoms with Gasteiger partial charge in [0.1, 0.15) is 6.61 Å². The topological polar surface area (TPSA) is 178 Å². The van der Waals surface area contributed by atoms with Gasteiger partial charge >= 0.3 is 13.8 Å². The fourth-order valence-electron chi connectivity index (χ4n) is 6.50. The number of hydrogen-bond donors (Lipinski definition) is 5. The van der Waals surface area contributed by atoms with E-state index in [-0.39, 0.29) is 44.6 Å². The molecule has 1 aliphatic carbocycles. The first-order valence-corrected chi connectivity index (χ1v) is 22.3. The summed E-state index contributed by atoms with van der Waals surface area (Å²) in [5.41, 5.74) is 5.35. The normalized spacial score (nSPS) is 21.5. The Hall–Kier alpha value is -1.56. The molecule has 310 valence electrons. The van der Waals surface area contributed by atoms with Crippen molar-refractivity contribution < 1.29 is 48.1 Å². The molecule has 0 spiro atoms. The fourth-order valence-corrected chi connectivity index (χ4v) is 7.27. The Bertz CT molecular complexity index is 1020. The summed E-state index contributed by atoms with van der Waals surface area (Å²) in [6.07, 6.45) is 30.7. The lowest BCUT2D eigenvalue weighted by atomic mass is 9.89. The quantitative estimate of drug-likeness (QED) is 0.0137. The number of carbonyl (C=O) groups excluding carboxylic acids is 1. The molecule has 0 aromatic rings. The van der Waals surface area contributed by atoms with E-state index in [9.17, 15) is 29.6 Å². The largest absolute Gasteiger partial charge is 0.492 e. The van der Waals surface area contributed by atoms with Crippen LogP contribution in [0.15, 0.2) is 36.6 Å². The maximum atomic E-state index is 12.5. The zero-order chi connectivity index (χ0) is 39.0. The van der Waals surface area contributed by atoms with Gasteiger partial charge in [0.25, 0.3) is 0 Å². The Morgan fingerprint density at radius 2 is 1.43 bits per heavy atom. The Labute approximate surface area is 321 Å². The average molecular weight is 774 g/mol. The van der Waals surface area contributed by atoms with Crippen LogP contribution < -0.4 is 5.73 Å². The first kappa shape index (κ1) is 49.5. The summed E-state index contributed by atoms with van der Waals surface area (Å²) in [6, 6.07) is 0. The van der Waals surface area contributed by atoms with E-state index in [0.29, 0.717) is 32.1 Å². The number of phosphoric ester groups is 1. The number of nitrogens with two attached hydrogens (primary N) is 1. The SMILES string of the molecule is CCCCCCCCCCCCCC/C=C/O[C@H](COC(=O)CCC/C=C/C[C@@H]1[C@@H](/C=C/[C@@H](O)CCCCC)[C@H](O)C[C@@H]1O)COP(=O)(O)OCCN. The van der Waals surface area contributed by atoms with Crippen LogP contribution in [0.5, 0.6) is 0 Å². The van der Waals surface area contributed by atoms with Gasteiger partial charge in [0.05, 0.1) is 37.8 Å². The second kappa shape index (κ2) is 32.7. The molecule has 0 amide bonds. The molecule has 7 atom stereocenters. The molecule has 1 fully saturated rings. The van der Waals surface area contributed by atoms with Crippen molar-refractivity contribution in [1.82, 2.24) is 0 Å². The van der Waals surface area contributed by atoms with Crippen molar-refractivity contribution in [3.63, 3.8) is 0 Å². The van der Waals surface area contributed by atoms with Gasteiger partial charge in [0.2, 0.25) is 0 Å². The molecule has 12 heteroatoms. The van der Waals surface area contributed by atoms with Crippen molar-refractivity contribution in [1.29, 1.82) is 0 Å². The second-order valence-electron chi connectivity index (χ2n) is 14.5. The van der Waals surface area contributed by atoms with E-state index in [1.165, 1.54) is 70.5 Å². The van der Waals surface area contributed by atoms with Gasteiger partial charge in [-0.2, -0.15) is 0 Å². The molecule has 0 bridgehead atoms. The third-order valence-electron chi connectivity index (χ3n) is 9.72. The highest BCUT2D eigenvalue weighted by molar-refractivity contribution is 7.47. The number of rotatable bonds is 35. The van der Waals surface area contributed by atoms with Crippen molar-refractivity contribution >= 4 is 13.8 Å². The lowest BCUT2D eigenvalue weighted by molar-refractivity contribution is -0.147. The molecule has 11 nitrogen and oxygen atoms in total. The van der Waals surface area contributed by atoms with Gasteiger partial charge in [0.15, 0.2) is 6.10 Å². The molecule has 6 N–H and O–H groups in total. The molecule has 1 rings (SSSR count). The van der Waals surface area contributed by atoms with Gasteiger partial charge in [-0.1, -0.05) is 128 Å². The molecule has 1 saturated carbocycles. The summed E-state index contributed by atoms with van der Waals surface area (Å²) in [7, 11) is -4.32. The Morgan fingerprint density at radius 1 is 0.811 bits per heavy atom. The number of esters is 1. The number of aliphatic hydroxyl groups is 3. The molecule has 0 radical (unpaired) electrons. The van der Waals surface area contributed by atoms with Crippen molar-refractivity contribution in [2.45, 2.75) is 180 Å². The van der Waals surface area contributed by atoms with E-state index in [0.717, 1.165) is 38.5 Å². The van der Waals surface area contributed by atoms with Gasteiger partial charge < -0.3 is 35.4 Å². The molecule has 1 unspecified atom stereocenters. The van der Waals surface area contributed by atoms with E-state index in [4.69, 9.17) is 24.3 Å². The Morgan fingerprint density at radius 3 is 2.09 bits per heavy atom. The number of allylic oxidation sites excluding steroid dienone is 3. The lowest BCUT2D eigenvalue weighted by Crippen LogP contribution is -2.25. The number of aliphatic hydroxyl groups excluding tert-OH is 3. The molecule has 0 aromatic carbocycles. The minimum absolute atomic E-state index is 0.0658. The predicted octanol–water partition coefficient (Wildman–Crippen LogP) is 8.58. The van der Waals surface area contributed by atoms with Crippen LogP contribution in [0.2, 0.25) is 0 Å². The summed E-state index contributed by atoms with van der Waals surface area (Å²) in [4.78, 5) is 22.4. The standard InChI is InChI=1S/C41H76NO10P/c1-3-5-7-8-9-10-11-12-13-14-15-16-19-23-30-49-36(34-52-53(47,48)51-31-29-42)33-50-41(46)26-22-18-17-21-25-37-38(40(45)32-39(37)44)28-27-35(43)24-20-6-4-2/h17,21,23,27-28,30,35-40,43-45H,3-16,18-20,22,24-26,29,31-34,42H2,1-2H3,(H,47,48)/b21-17+,28-27+,30-23+/t35-,36+,37+,38+,39-,40+/m0/s1. The molecular weight excluding hydrogens is 697 g/mol. The van der Waals surface area contributed by atoms with Crippen LogP contribution >= 0.6 is 7.82 Å². The highest BCUT2D eigenvalue weighted by Crippen LogP contribution is 2.43. The summed E-state index contributed by atoms with van der Waals surface area (Å²) in [5, 5.41) is 31.2. The van der Waals surface area contributed by atoms with Crippen LogP contribution in [0.25, 0.3) is 0 Å². The van der Waals surface area contributed by atoms with E-state index in [2.05, 4.69) is 13.8 Å². The van der Waals surface area contributed by atoms with Crippen LogP contribution in [0, 0.1) is 11.8 Å². The second-order valence-corrected chi connectivity index (χ2v) is 16.0. The smallest absolute Gasteiger partial charge is 0.472 e. The number of hydrogen-bond acceptors (Lipinski definition) is 10. The molecule has 0 aromatic heterocycles. The van der Waals surface area contributed by atoms with Crippen LogP contribution in [-0.2, 0) is 27.9 Å². The van der Waals surface area contributed by atoms with Gasteiger partial charge in [-0.15, -0.1) is 0 Å². The summed E-state index contributed by atoms with van der Waals surface area (Å²) >= 11 is 0. The minimum Gasteiger partial charge on any atom is -0.492 e. The highest BCUT2D eigenvalue weighted by atomic mass is 31.2. The Balaban J connectivity index is 2.40. The van der Waals surface area contributed by atoms with Crippen molar-refractivity contribution in [3.05, 3.63) is 36.6 Å². The van der Waals surface area contributed by atoms with Gasteiger partial charge in [-0.05, 0) is 50.5 Å². The molecular formula is C41H76NO10P. The third-order valence-corrected chi connectivity index (χ3v) is 10.7. The van der Waals surface area contributed by atoms with E-state index >= 15 is 0 Å². The van der Waals surface area contributed by atoms with Crippen molar-refractivity contribution in [2.24, 2.45) is 17.6 Å². The maximum Gasteiger partial charge on any atom is 0.472 e. The monoisotopic (exact) mass is 774 g/mol. The molecule has 53 heavy (non-hydrogen) atoms. The van der Waals surface area contributed by atoms with Gasteiger partial charge in [0, 0.05) is 25.3 Å². The lowest BCUT2D eigenvalue weighted by Gasteiger charge is -2.19. The van der Waals surface area contributed by atoms with Crippen molar-refractivity contribution in [2.75, 3.05) is 26.4 Å². The number of phosphoric acid groups is 1. The summed E-state index contributed by atoms with van der Waals surface area (Å²) in [6.45, 7) is 3.83. The maximum absolute atomic E-state index is 12.5. The van der Waals surface area contributed by atoms with Crippen LogP contribution in [0.4, 0.5) is 0 Å². The molecule has 0 heterocycles. The number of carbonyl (C=O) groups is 1. The van der Waals surface area contributed by atoms with Gasteiger partial charge in [-0.3, -0.25) is 13.8 Å². The van der Waals surface area contributed by atoms with Crippen LogP contribution in [0.1, 0.15) is 155 Å². The van der Waals surface area contributed by atoms with Gasteiger partial charge in [-0.25, -0.2) is 4.57 Å². The first-order chi connectivity index (χ1) is 25.6. The zero-order valence-corrected chi connectivity index (χ0v) is 34.0. The van der Waals surface area contributed by atoms with E-state index < -0.39 is 38.2 Å². The number of ether oxygens (including phenoxy) is 2. The average Bonchev–Trinajstić information content (AvgIpc) is 3.41. The van der Waals surface area contributed by atoms with E-state index in [1.807, 2.05) is 24.3 Å². The first-order valence-electron chi connectivity index (χ1n) is 20.8. The molecule has 0 aliphatic heterocycles. The Kier molecular flexibility index (Phi) is 30.5. The number of unbranched alkanes of at least 4 members (excludes halogenated alkanes) is 15. The summed E-state index contributed by atoms with van der Waals surface area (Å²) in [5.74, 6) is -0.783. The minimum atomic E-state index is -4.32.